The Labute approximate surface area is 106 Å². The van der Waals surface area contributed by atoms with Crippen molar-refractivity contribution >= 4 is 0 Å². The van der Waals surface area contributed by atoms with E-state index in [1.54, 1.807) is 7.11 Å². The van der Waals surface area contributed by atoms with E-state index in [-0.39, 0.29) is 6.04 Å². The zero-order valence-corrected chi connectivity index (χ0v) is 11.7. The minimum absolute atomic E-state index is 0.243. The summed E-state index contributed by atoms with van der Waals surface area (Å²) in [4.78, 5) is 5.01. The molecule has 0 aromatic heterocycles. The van der Waals surface area contributed by atoms with Gasteiger partial charge in [-0.05, 0) is 39.4 Å². The third-order valence-corrected chi connectivity index (χ3v) is 3.66. The van der Waals surface area contributed by atoms with E-state index >= 15 is 0 Å². The first-order valence-electron chi connectivity index (χ1n) is 6.84. The zero-order chi connectivity index (χ0) is 12.7. The molecule has 0 bridgehead atoms. The molecule has 1 aliphatic rings. The molecule has 1 saturated heterocycles. The van der Waals surface area contributed by atoms with Crippen LogP contribution in [0.15, 0.2) is 0 Å². The number of methoxy groups -OCH3 is 1. The molecule has 1 aliphatic heterocycles. The number of hydrogen-bond donors (Lipinski definition) is 1. The Morgan fingerprint density at radius 3 is 2.82 bits per heavy atom. The van der Waals surface area contributed by atoms with Crippen molar-refractivity contribution in [3.05, 3.63) is 0 Å². The van der Waals surface area contributed by atoms with Crippen molar-refractivity contribution < 1.29 is 4.74 Å². The van der Waals surface area contributed by atoms with Crippen LogP contribution in [-0.2, 0) is 4.74 Å². The summed E-state index contributed by atoms with van der Waals surface area (Å²) in [6.07, 6.45) is 3.42. The van der Waals surface area contributed by atoms with Crippen molar-refractivity contribution in [3.8, 4) is 0 Å². The molecule has 0 aromatic carbocycles. The molecule has 1 fully saturated rings. The Bertz CT molecular complexity index is 201. The molecule has 2 unspecified atom stereocenters. The lowest BCUT2D eigenvalue weighted by atomic mass is 10.1. The second-order valence-corrected chi connectivity index (χ2v) is 5.21. The van der Waals surface area contributed by atoms with Crippen molar-refractivity contribution in [1.29, 1.82) is 0 Å². The maximum Gasteiger partial charge on any atom is 0.0477 e. The van der Waals surface area contributed by atoms with E-state index in [0.717, 1.165) is 19.6 Å². The first kappa shape index (κ1) is 14.9. The molecule has 1 heterocycles. The monoisotopic (exact) mass is 243 g/mol. The van der Waals surface area contributed by atoms with Gasteiger partial charge < -0.3 is 15.4 Å². The van der Waals surface area contributed by atoms with Crippen molar-refractivity contribution in [3.63, 3.8) is 0 Å². The average Bonchev–Trinajstić information content (AvgIpc) is 2.48. The van der Waals surface area contributed by atoms with Gasteiger partial charge in [0.1, 0.15) is 0 Å². The van der Waals surface area contributed by atoms with Crippen LogP contribution in [0.5, 0.6) is 0 Å². The summed E-state index contributed by atoms with van der Waals surface area (Å²) in [5.74, 6) is 0. The van der Waals surface area contributed by atoms with Crippen molar-refractivity contribution in [2.75, 3.05) is 46.9 Å². The van der Waals surface area contributed by atoms with Gasteiger partial charge in [0, 0.05) is 38.9 Å². The van der Waals surface area contributed by atoms with E-state index in [4.69, 9.17) is 10.5 Å². The highest BCUT2D eigenvalue weighted by Crippen LogP contribution is 2.12. The summed E-state index contributed by atoms with van der Waals surface area (Å²) < 4.78 is 5.09. The minimum atomic E-state index is 0.243. The summed E-state index contributed by atoms with van der Waals surface area (Å²) in [7, 11) is 3.96. The molecule has 2 atom stereocenters. The van der Waals surface area contributed by atoms with Crippen LogP contribution in [0, 0.1) is 0 Å². The molecule has 17 heavy (non-hydrogen) atoms. The van der Waals surface area contributed by atoms with Gasteiger partial charge in [-0.3, -0.25) is 4.90 Å². The van der Waals surface area contributed by atoms with Crippen LogP contribution in [0.3, 0.4) is 0 Å². The second-order valence-electron chi connectivity index (χ2n) is 5.21. The molecular formula is C13H29N3O. The highest BCUT2D eigenvalue weighted by molar-refractivity contribution is 4.80. The molecule has 4 heteroatoms. The number of nitrogens with two attached hydrogens (primary N) is 1. The number of nitrogens with zero attached hydrogens (tertiary/aromatic N) is 2. The molecule has 0 spiro atoms. The van der Waals surface area contributed by atoms with E-state index in [1.807, 2.05) is 0 Å². The first-order valence-corrected chi connectivity index (χ1v) is 6.84. The summed E-state index contributed by atoms with van der Waals surface area (Å²) in [5.41, 5.74) is 6.16. The van der Waals surface area contributed by atoms with Crippen molar-refractivity contribution in [1.82, 2.24) is 9.80 Å². The van der Waals surface area contributed by atoms with Crippen LogP contribution in [-0.4, -0.2) is 68.8 Å². The standard InChI is InChI=1S/C13H29N3O/c1-4-13-11-15(2)7-5-8-16(13)10-12(14)6-9-17-3/h12-13H,4-11,14H2,1-3H3. The molecule has 4 nitrogen and oxygen atoms in total. The smallest absolute Gasteiger partial charge is 0.0477 e. The molecular weight excluding hydrogens is 214 g/mol. The van der Waals surface area contributed by atoms with Crippen LogP contribution in [0.2, 0.25) is 0 Å². The molecule has 0 radical (unpaired) electrons. The Hall–Kier alpha value is -0.160. The van der Waals surface area contributed by atoms with Crippen molar-refractivity contribution in [2.45, 2.75) is 38.3 Å². The first-order chi connectivity index (χ1) is 8.17. The van der Waals surface area contributed by atoms with E-state index in [1.165, 1.54) is 32.5 Å². The van der Waals surface area contributed by atoms with Gasteiger partial charge in [-0.1, -0.05) is 6.92 Å². The van der Waals surface area contributed by atoms with E-state index < -0.39 is 0 Å². The van der Waals surface area contributed by atoms with Gasteiger partial charge in [0.15, 0.2) is 0 Å². The lowest BCUT2D eigenvalue weighted by molar-refractivity contribution is 0.150. The number of likely N-dealkylation sites (N-methyl/N-ethyl adjacent to an activating group) is 1. The summed E-state index contributed by atoms with van der Waals surface area (Å²) in [6, 6.07) is 0.906. The van der Waals surface area contributed by atoms with Crippen LogP contribution in [0.25, 0.3) is 0 Å². The van der Waals surface area contributed by atoms with Gasteiger partial charge in [-0.2, -0.15) is 0 Å². The average molecular weight is 243 g/mol. The number of rotatable bonds is 6. The lowest BCUT2D eigenvalue weighted by Gasteiger charge is -2.32. The minimum Gasteiger partial charge on any atom is -0.385 e. The Kier molecular flexibility index (Phi) is 7.04. The van der Waals surface area contributed by atoms with Gasteiger partial charge in [-0.15, -0.1) is 0 Å². The SMILES string of the molecule is CCC1CN(C)CCCN1CC(N)CCOC. The highest BCUT2D eigenvalue weighted by atomic mass is 16.5. The van der Waals surface area contributed by atoms with Gasteiger partial charge in [-0.25, -0.2) is 0 Å². The molecule has 1 rings (SSSR count). The zero-order valence-electron chi connectivity index (χ0n) is 11.7. The predicted molar refractivity (Wildman–Crippen MR) is 72.2 cm³/mol. The molecule has 0 amide bonds. The maximum atomic E-state index is 6.16. The van der Waals surface area contributed by atoms with Gasteiger partial charge in [0.05, 0.1) is 0 Å². The Balaban J connectivity index is 2.42. The van der Waals surface area contributed by atoms with Gasteiger partial charge in [0.25, 0.3) is 0 Å². The molecule has 0 aromatic rings. The van der Waals surface area contributed by atoms with Crippen LogP contribution in [0.4, 0.5) is 0 Å². The third kappa shape index (κ3) is 5.34. The lowest BCUT2D eigenvalue weighted by Crippen LogP contribution is -2.46. The predicted octanol–water partition coefficient (Wildman–Crippen LogP) is 0.766. The largest absolute Gasteiger partial charge is 0.385 e. The summed E-state index contributed by atoms with van der Waals surface area (Å²) in [6.45, 7) is 7.62. The van der Waals surface area contributed by atoms with Crippen LogP contribution >= 0.6 is 0 Å². The summed E-state index contributed by atoms with van der Waals surface area (Å²) >= 11 is 0. The topological polar surface area (TPSA) is 41.7 Å². The summed E-state index contributed by atoms with van der Waals surface area (Å²) in [5, 5.41) is 0. The Morgan fingerprint density at radius 2 is 2.18 bits per heavy atom. The van der Waals surface area contributed by atoms with Crippen LogP contribution < -0.4 is 5.73 Å². The quantitative estimate of drug-likeness (QED) is 0.748. The fraction of sp³-hybridized carbons (Fsp3) is 1.00. The third-order valence-electron chi connectivity index (χ3n) is 3.66. The van der Waals surface area contributed by atoms with Crippen LogP contribution in [0.1, 0.15) is 26.2 Å². The van der Waals surface area contributed by atoms with E-state index in [2.05, 4.69) is 23.8 Å². The number of ether oxygens (including phenoxy) is 1. The maximum absolute atomic E-state index is 6.16. The van der Waals surface area contributed by atoms with Gasteiger partial charge in [0.2, 0.25) is 0 Å². The Morgan fingerprint density at radius 1 is 1.41 bits per heavy atom. The molecule has 0 saturated carbocycles. The van der Waals surface area contributed by atoms with E-state index in [9.17, 15) is 0 Å². The normalized spacial score (nSPS) is 25.8. The van der Waals surface area contributed by atoms with Gasteiger partial charge >= 0.3 is 0 Å². The van der Waals surface area contributed by atoms with Crippen molar-refractivity contribution in [2.24, 2.45) is 5.73 Å². The number of hydrogen-bond acceptors (Lipinski definition) is 4. The van der Waals surface area contributed by atoms with E-state index in [0.29, 0.717) is 6.04 Å². The highest BCUT2D eigenvalue weighted by Gasteiger charge is 2.23. The second kappa shape index (κ2) is 8.03. The fourth-order valence-electron chi connectivity index (χ4n) is 2.58. The molecule has 0 aliphatic carbocycles. The fourth-order valence-corrected chi connectivity index (χ4v) is 2.58. The molecule has 102 valence electrons. The molecule has 2 N–H and O–H groups in total.